The van der Waals surface area contributed by atoms with Crippen LogP contribution in [-0.2, 0) is 0 Å². The van der Waals surface area contributed by atoms with Crippen LogP contribution in [-0.4, -0.2) is 4.98 Å². The normalized spacial score (nSPS) is 12.0. The molecule has 0 radical (unpaired) electrons. The monoisotopic (exact) mass is 717 g/mol. The number of benzene rings is 7. The molecule has 4 nitrogen and oxygen atoms in total. The second kappa shape index (κ2) is 13.4. The van der Waals surface area contributed by atoms with Crippen LogP contribution < -0.4 is 9.80 Å². The lowest BCUT2D eigenvalue weighted by Crippen LogP contribution is -2.10. The first-order valence-electron chi connectivity index (χ1n) is 17.5. The molecule has 10 rings (SSSR count). The molecular formula is C47H31N3OS2. The van der Waals surface area contributed by atoms with E-state index in [4.69, 9.17) is 9.40 Å². The molecule has 0 unspecified atom stereocenters. The highest BCUT2D eigenvalue weighted by molar-refractivity contribution is 8.05. The molecule has 0 fully saturated rings. The molecule has 7 aromatic carbocycles. The lowest BCUT2D eigenvalue weighted by Gasteiger charge is -2.27. The Hall–Kier alpha value is -6.21. The number of hydrogen-bond acceptors (Lipinski definition) is 6. The van der Waals surface area contributed by atoms with Crippen molar-refractivity contribution < 1.29 is 4.42 Å². The molecule has 0 atom stereocenters. The minimum atomic E-state index is 0.862. The van der Waals surface area contributed by atoms with E-state index in [1.165, 1.54) is 19.6 Å². The van der Waals surface area contributed by atoms with Gasteiger partial charge in [-0.05, 0) is 97.1 Å². The molecule has 3 heterocycles. The van der Waals surface area contributed by atoms with E-state index in [2.05, 4.69) is 174 Å². The zero-order valence-corrected chi connectivity index (χ0v) is 30.1. The van der Waals surface area contributed by atoms with Crippen molar-refractivity contribution in [3.8, 4) is 11.3 Å². The Balaban J connectivity index is 0.944. The number of nitrogens with zero attached hydrogens (tertiary/aromatic N) is 3. The lowest BCUT2D eigenvalue weighted by atomic mass is 10.1. The van der Waals surface area contributed by atoms with Gasteiger partial charge in [-0.1, -0.05) is 102 Å². The standard InChI is InChI=1S/C47H31N3OS2/c1-4-12-33(13-5-1)49(34-14-6-2-7-15-34)37-23-27-45-47(30-37)53-44-26-20-32(28-46(44)52-45)41-25-22-38(31-48-41)50(35-16-8-3-9-17-35)36-21-24-40-39-18-10-11-19-42(39)51-43(40)29-36/h1-31H. The van der Waals surface area contributed by atoms with E-state index in [9.17, 15) is 0 Å². The largest absolute Gasteiger partial charge is 0.456 e. The van der Waals surface area contributed by atoms with Gasteiger partial charge in [-0.3, -0.25) is 4.98 Å². The topological polar surface area (TPSA) is 32.5 Å². The molecule has 0 aliphatic carbocycles. The van der Waals surface area contributed by atoms with Gasteiger partial charge >= 0.3 is 0 Å². The summed E-state index contributed by atoms with van der Waals surface area (Å²) in [5, 5.41) is 2.23. The first-order valence-corrected chi connectivity index (χ1v) is 19.2. The fraction of sp³-hybridized carbons (Fsp3) is 0. The Labute approximate surface area is 316 Å². The summed E-state index contributed by atoms with van der Waals surface area (Å²) in [4.78, 5) is 14.6. The molecule has 0 saturated carbocycles. The van der Waals surface area contributed by atoms with Crippen LogP contribution in [0.4, 0.5) is 34.1 Å². The van der Waals surface area contributed by atoms with Crippen molar-refractivity contribution in [2.75, 3.05) is 9.80 Å². The maximum absolute atomic E-state index is 6.26. The molecule has 1 aliphatic rings. The van der Waals surface area contributed by atoms with Crippen LogP contribution in [0.5, 0.6) is 0 Å². The average Bonchev–Trinajstić information content (AvgIpc) is 3.60. The number of aromatic nitrogens is 1. The molecule has 53 heavy (non-hydrogen) atoms. The van der Waals surface area contributed by atoms with E-state index in [-0.39, 0.29) is 0 Å². The quantitative estimate of drug-likeness (QED) is 0.163. The van der Waals surface area contributed by atoms with Gasteiger partial charge in [-0.2, -0.15) is 0 Å². The van der Waals surface area contributed by atoms with Gasteiger partial charge < -0.3 is 14.2 Å². The van der Waals surface area contributed by atoms with Crippen LogP contribution in [0.3, 0.4) is 0 Å². The fourth-order valence-electron chi connectivity index (χ4n) is 7.04. The van der Waals surface area contributed by atoms with Gasteiger partial charge in [0.05, 0.1) is 17.6 Å². The van der Waals surface area contributed by atoms with Gasteiger partial charge in [0.25, 0.3) is 0 Å². The maximum Gasteiger partial charge on any atom is 0.137 e. The van der Waals surface area contributed by atoms with Crippen LogP contribution in [0.1, 0.15) is 0 Å². The molecule has 0 spiro atoms. The molecule has 0 amide bonds. The molecule has 0 N–H and O–H groups in total. The number of pyridine rings is 1. The molecule has 252 valence electrons. The summed E-state index contributed by atoms with van der Waals surface area (Å²) in [5.74, 6) is 0. The summed E-state index contributed by atoms with van der Waals surface area (Å²) in [6, 6.07) is 63.9. The number of fused-ring (bicyclic) bond motifs is 5. The molecule has 0 bridgehead atoms. The van der Waals surface area contributed by atoms with Crippen LogP contribution in [0, 0.1) is 0 Å². The highest BCUT2D eigenvalue weighted by Gasteiger charge is 2.22. The minimum absolute atomic E-state index is 0.862. The predicted octanol–water partition coefficient (Wildman–Crippen LogP) is 14.2. The SMILES string of the molecule is c1ccc(N(c2ccccc2)c2ccc3c(c2)Sc2ccc(-c4ccc(N(c5ccccc5)c5ccc6c(c5)oc5ccccc56)cn4)cc2S3)cc1. The van der Waals surface area contributed by atoms with Crippen molar-refractivity contribution in [1.29, 1.82) is 0 Å². The molecule has 6 heteroatoms. The van der Waals surface area contributed by atoms with Crippen molar-refractivity contribution in [2.24, 2.45) is 0 Å². The molecule has 1 aliphatic heterocycles. The van der Waals surface area contributed by atoms with Gasteiger partial charge in [0, 0.05) is 70.4 Å². The van der Waals surface area contributed by atoms with Gasteiger partial charge in [-0.15, -0.1) is 0 Å². The van der Waals surface area contributed by atoms with Crippen molar-refractivity contribution in [3.05, 3.63) is 188 Å². The number of rotatable bonds is 7. The van der Waals surface area contributed by atoms with Crippen LogP contribution in [0.2, 0.25) is 0 Å². The predicted molar refractivity (Wildman–Crippen MR) is 221 cm³/mol. The zero-order chi connectivity index (χ0) is 35.1. The summed E-state index contributed by atoms with van der Waals surface area (Å²) in [7, 11) is 0. The second-order valence-corrected chi connectivity index (χ2v) is 15.0. The van der Waals surface area contributed by atoms with E-state index in [0.717, 1.165) is 67.3 Å². The van der Waals surface area contributed by atoms with Crippen molar-refractivity contribution in [1.82, 2.24) is 4.98 Å². The Morgan fingerprint density at radius 3 is 1.57 bits per heavy atom. The van der Waals surface area contributed by atoms with E-state index in [0.29, 0.717) is 0 Å². The summed E-state index contributed by atoms with van der Waals surface area (Å²) in [6.07, 6.45) is 1.97. The van der Waals surface area contributed by atoms with Gasteiger partial charge in [-0.25, -0.2) is 0 Å². The molecular weight excluding hydrogens is 687 g/mol. The Morgan fingerprint density at radius 1 is 0.377 bits per heavy atom. The van der Waals surface area contributed by atoms with Crippen molar-refractivity contribution in [3.63, 3.8) is 0 Å². The number of anilines is 6. The van der Waals surface area contributed by atoms with Crippen LogP contribution in [0.15, 0.2) is 212 Å². The summed E-state index contributed by atoms with van der Waals surface area (Å²) in [6.45, 7) is 0. The molecule has 9 aromatic rings. The van der Waals surface area contributed by atoms with Gasteiger partial charge in [0.15, 0.2) is 0 Å². The fourth-order valence-corrected chi connectivity index (χ4v) is 9.30. The van der Waals surface area contributed by atoms with Gasteiger partial charge in [0.1, 0.15) is 11.2 Å². The third-order valence-electron chi connectivity index (χ3n) is 9.53. The van der Waals surface area contributed by atoms with Crippen molar-refractivity contribution >= 4 is 79.6 Å². The van der Waals surface area contributed by atoms with Crippen LogP contribution in [0.25, 0.3) is 33.2 Å². The second-order valence-electron chi connectivity index (χ2n) is 12.9. The molecule has 0 saturated heterocycles. The Kier molecular flexibility index (Phi) is 7.97. The smallest absolute Gasteiger partial charge is 0.137 e. The summed E-state index contributed by atoms with van der Waals surface area (Å²) in [5.41, 5.74) is 10.2. The molecule has 2 aromatic heterocycles. The first kappa shape index (κ1) is 31.5. The Morgan fingerprint density at radius 2 is 0.906 bits per heavy atom. The van der Waals surface area contributed by atoms with Gasteiger partial charge in [0.2, 0.25) is 0 Å². The number of furan rings is 1. The number of hydrogen-bond donors (Lipinski definition) is 0. The maximum atomic E-state index is 6.26. The lowest BCUT2D eigenvalue weighted by molar-refractivity contribution is 0.669. The van der Waals surface area contributed by atoms with Crippen molar-refractivity contribution in [2.45, 2.75) is 19.6 Å². The van der Waals surface area contributed by atoms with E-state index in [1.54, 1.807) is 0 Å². The highest BCUT2D eigenvalue weighted by atomic mass is 32.2. The zero-order valence-electron chi connectivity index (χ0n) is 28.5. The van der Waals surface area contributed by atoms with Crippen LogP contribution >= 0.6 is 23.5 Å². The first-order chi connectivity index (χ1) is 26.2. The minimum Gasteiger partial charge on any atom is -0.456 e. The third kappa shape index (κ3) is 5.92. The Bertz CT molecular complexity index is 2690. The number of para-hydroxylation sites is 4. The summed E-state index contributed by atoms with van der Waals surface area (Å²) >= 11 is 3.65. The van der Waals surface area contributed by atoms with E-state index < -0.39 is 0 Å². The average molecular weight is 718 g/mol. The van der Waals surface area contributed by atoms with E-state index in [1.807, 2.05) is 47.9 Å². The summed E-state index contributed by atoms with van der Waals surface area (Å²) < 4.78 is 6.26. The third-order valence-corrected chi connectivity index (χ3v) is 12.1. The highest BCUT2D eigenvalue weighted by Crippen LogP contribution is 2.51. The van der Waals surface area contributed by atoms with E-state index >= 15 is 0 Å².